The molecular weight excluding hydrogens is 372 g/mol. The van der Waals surface area contributed by atoms with Crippen LogP contribution in [0.5, 0.6) is 0 Å². The van der Waals surface area contributed by atoms with Crippen LogP contribution in [0.15, 0.2) is 0 Å². The summed E-state index contributed by atoms with van der Waals surface area (Å²) in [4.78, 5) is 33.9. The topological polar surface area (TPSA) is 156 Å². The van der Waals surface area contributed by atoms with E-state index < -0.39 is 73.0 Å². The van der Waals surface area contributed by atoms with Gasteiger partial charge in [0.05, 0.1) is 6.10 Å². The van der Waals surface area contributed by atoms with Crippen LogP contribution >= 0.6 is 0 Å². The molecule has 1 heterocycles. The van der Waals surface area contributed by atoms with Crippen molar-refractivity contribution in [2.45, 2.75) is 69.5 Å². The maximum Gasteiger partial charge on any atom is 0.372 e. The molecule has 7 atom stereocenters. The number of Topliss-reactive ketones (excluding diaryl/α,β-unsaturated/α-hetero) is 1. The number of ketones is 1. The van der Waals surface area contributed by atoms with Crippen LogP contribution in [-0.2, 0) is 23.9 Å². The Bertz CT molecular complexity index is 563. The van der Waals surface area contributed by atoms with Crippen molar-refractivity contribution in [3.8, 4) is 0 Å². The van der Waals surface area contributed by atoms with Gasteiger partial charge in [0.1, 0.15) is 24.6 Å². The smallest absolute Gasteiger partial charge is 0.372 e. The lowest BCUT2D eigenvalue weighted by atomic mass is 9.79. The number of ether oxygens (including phenoxy) is 2. The molecule has 2 unspecified atom stereocenters. The van der Waals surface area contributed by atoms with Crippen molar-refractivity contribution in [2.75, 3.05) is 6.61 Å². The molecule has 156 valence electrons. The van der Waals surface area contributed by atoms with Crippen LogP contribution in [-0.4, -0.2) is 76.0 Å². The van der Waals surface area contributed by atoms with Crippen LogP contribution in [0.4, 0.5) is 8.78 Å². The van der Waals surface area contributed by atoms with E-state index >= 15 is 0 Å². The number of carboxylic acid groups (broad SMARTS) is 1. The van der Waals surface area contributed by atoms with E-state index in [1.165, 1.54) is 0 Å². The fourth-order valence-corrected chi connectivity index (χ4v) is 2.88. The van der Waals surface area contributed by atoms with E-state index in [-0.39, 0.29) is 6.42 Å². The summed E-state index contributed by atoms with van der Waals surface area (Å²) in [5, 5.41) is 29.2. The zero-order chi connectivity index (χ0) is 20.9. The average molecular weight is 397 g/mol. The zero-order valence-corrected chi connectivity index (χ0v) is 15.0. The number of rotatable bonds is 9. The van der Waals surface area contributed by atoms with E-state index in [4.69, 9.17) is 15.6 Å². The number of carbonyl (C=O) groups excluding carboxylic acids is 2. The Morgan fingerprint density at radius 3 is 2.41 bits per heavy atom. The van der Waals surface area contributed by atoms with E-state index in [0.717, 1.165) is 6.92 Å². The van der Waals surface area contributed by atoms with Gasteiger partial charge in [-0.05, 0) is 13.3 Å². The number of hydrogen-bond acceptors (Lipinski definition) is 8. The third-order valence-electron chi connectivity index (χ3n) is 4.33. The Kier molecular flexibility index (Phi) is 8.21. The van der Waals surface area contributed by atoms with Crippen LogP contribution in [0.2, 0.25) is 0 Å². The zero-order valence-electron chi connectivity index (χ0n) is 15.0. The molecule has 0 aromatic carbocycles. The monoisotopic (exact) mass is 397 g/mol. The van der Waals surface area contributed by atoms with Gasteiger partial charge in [-0.2, -0.15) is 4.39 Å². The second-order valence-electron chi connectivity index (χ2n) is 6.57. The predicted molar refractivity (Wildman–Crippen MR) is 85.9 cm³/mol. The maximum atomic E-state index is 14.5. The minimum atomic E-state index is -3.86. The first-order chi connectivity index (χ1) is 12.5. The van der Waals surface area contributed by atoms with Crippen LogP contribution < -0.4 is 5.73 Å². The largest absolute Gasteiger partial charge is 0.477 e. The number of aliphatic carboxylic acids is 1. The number of carboxylic acids is 1. The first kappa shape index (κ1) is 23.3. The van der Waals surface area contributed by atoms with Crippen LogP contribution in [0.3, 0.4) is 0 Å². The fraction of sp³-hybridized carbons (Fsp3) is 0.812. The highest BCUT2D eigenvalue weighted by Gasteiger charge is 2.61. The Hall–Kier alpha value is -1.69. The van der Waals surface area contributed by atoms with Crippen molar-refractivity contribution < 1.29 is 48.0 Å². The number of nitrogens with two attached hydrogens (primary N) is 1. The molecule has 1 saturated heterocycles. The summed E-state index contributed by atoms with van der Waals surface area (Å²) in [5.74, 6) is -8.62. The summed E-state index contributed by atoms with van der Waals surface area (Å²) in [6.45, 7) is 2.17. The van der Waals surface area contributed by atoms with E-state index in [2.05, 4.69) is 4.74 Å². The quantitative estimate of drug-likeness (QED) is 0.375. The van der Waals surface area contributed by atoms with E-state index in [1.54, 1.807) is 6.92 Å². The minimum Gasteiger partial charge on any atom is -0.477 e. The third-order valence-corrected chi connectivity index (χ3v) is 4.33. The lowest BCUT2D eigenvalue weighted by Gasteiger charge is -2.45. The Labute approximate surface area is 154 Å². The van der Waals surface area contributed by atoms with Gasteiger partial charge in [-0.15, -0.1) is 0 Å². The summed E-state index contributed by atoms with van der Waals surface area (Å²) in [6.07, 6.45) is -8.31. The average Bonchev–Trinajstić information content (AvgIpc) is 2.59. The van der Waals surface area contributed by atoms with Crippen molar-refractivity contribution in [2.24, 2.45) is 11.7 Å². The number of aliphatic hydroxyl groups excluding tert-OH is 2. The summed E-state index contributed by atoms with van der Waals surface area (Å²) in [6, 6.07) is -1.79. The van der Waals surface area contributed by atoms with Crippen LogP contribution in [0.1, 0.15) is 33.1 Å². The summed E-state index contributed by atoms with van der Waals surface area (Å²) in [7, 11) is 0. The number of aliphatic hydroxyl groups is 2. The molecular formula is C16H25F2NO8. The Balaban J connectivity index is 3.03. The molecule has 0 saturated carbocycles. The fourth-order valence-electron chi connectivity index (χ4n) is 2.88. The molecule has 0 bridgehead atoms. The SMILES string of the molecule is CCCC(=O)OC[C@@H](O)[C@@H](O)C1O[C@@](F)(C(=O)O)C(F)[C@@H](N)[C@H]1CC(C)=O. The summed E-state index contributed by atoms with van der Waals surface area (Å²) >= 11 is 0. The molecule has 1 fully saturated rings. The van der Waals surface area contributed by atoms with Crippen molar-refractivity contribution in [1.29, 1.82) is 0 Å². The normalized spacial score (nSPS) is 33.1. The lowest BCUT2D eigenvalue weighted by Crippen LogP contribution is -2.67. The molecule has 1 aliphatic heterocycles. The van der Waals surface area contributed by atoms with Gasteiger partial charge >= 0.3 is 17.8 Å². The molecule has 5 N–H and O–H groups in total. The molecule has 0 amide bonds. The molecule has 1 aliphatic rings. The molecule has 0 aliphatic carbocycles. The van der Waals surface area contributed by atoms with Gasteiger partial charge in [-0.1, -0.05) is 6.92 Å². The molecule has 0 aromatic heterocycles. The van der Waals surface area contributed by atoms with Gasteiger partial charge in [0.2, 0.25) is 0 Å². The molecule has 0 radical (unpaired) electrons. The number of alkyl halides is 2. The number of hydrogen-bond donors (Lipinski definition) is 4. The van der Waals surface area contributed by atoms with Crippen LogP contribution in [0.25, 0.3) is 0 Å². The highest BCUT2D eigenvalue weighted by Crippen LogP contribution is 2.39. The van der Waals surface area contributed by atoms with Gasteiger partial charge < -0.3 is 35.3 Å². The number of carbonyl (C=O) groups is 3. The highest BCUT2D eigenvalue weighted by atomic mass is 19.2. The first-order valence-corrected chi connectivity index (χ1v) is 8.46. The molecule has 0 aromatic rings. The van der Waals surface area contributed by atoms with E-state index in [1.807, 2.05) is 0 Å². The summed E-state index contributed by atoms with van der Waals surface area (Å²) in [5.41, 5.74) is 5.59. The predicted octanol–water partition coefficient (Wildman–Crippen LogP) is -0.539. The van der Waals surface area contributed by atoms with Crippen molar-refractivity contribution >= 4 is 17.7 Å². The van der Waals surface area contributed by atoms with Gasteiger partial charge in [0.15, 0.2) is 6.17 Å². The van der Waals surface area contributed by atoms with Gasteiger partial charge in [-0.3, -0.25) is 4.79 Å². The van der Waals surface area contributed by atoms with Gasteiger partial charge in [-0.25, -0.2) is 9.18 Å². The van der Waals surface area contributed by atoms with Crippen molar-refractivity contribution in [3.05, 3.63) is 0 Å². The lowest BCUT2D eigenvalue weighted by molar-refractivity contribution is -0.284. The third kappa shape index (κ3) is 5.41. The maximum absolute atomic E-state index is 14.5. The molecule has 27 heavy (non-hydrogen) atoms. The molecule has 11 heteroatoms. The van der Waals surface area contributed by atoms with Crippen LogP contribution in [0, 0.1) is 5.92 Å². The molecule has 0 spiro atoms. The molecule has 1 rings (SSSR count). The second-order valence-corrected chi connectivity index (χ2v) is 6.57. The van der Waals surface area contributed by atoms with E-state index in [9.17, 15) is 33.4 Å². The Morgan fingerprint density at radius 1 is 1.33 bits per heavy atom. The second kappa shape index (κ2) is 9.49. The molecule has 9 nitrogen and oxygen atoms in total. The number of esters is 1. The van der Waals surface area contributed by atoms with Crippen molar-refractivity contribution in [1.82, 2.24) is 0 Å². The first-order valence-electron chi connectivity index (χ1n) is 8.46. The standard InChI is InChI=1S/C16H25F2NO8/c1-3-4-10(22)26-6-9(21)12(23)13-8(5-7(2)20)11(19)14(17)16(18,27-13)15(24)25/h8-9,11-14,21,23H,3-6,19H2,1-2H3,(H,24,25)/t8-,9-,11+,12-,13?,14?,16-/m1/s1. The van der Waals surface area contributed by atoms with Gasteiger partial charge in [0.25, 0.3) is 0 Å². The highest BCUT2D eigenvalue weighted by molar-refractivity contribution is 5.78. The summed E-state index contributed by atoms with van der Waals surface area (Å²) < 4.78 is 38.1. The van der Waals surface area contributed by atoms with Gasteiger partial charge in [0, 0.05) is 24.8 Å². The Morgan fingerprint density at radius 2 is 1.93 bits per heavy atom. The van der Waals surface area contributed by atoms with E-state index in [0.29, 0.717) is 6.42 Å². The van der Waals surface area contributed by atoms with Crippen molar-refractivity contribution in [3.63, 3.8) is 0 Å². The minimum absolute atomic E-state index is 0.0662. The number of halogens is 2.